The van der Waals surface area contributed by atoms with Gasteiger partial charge in [0.25, 0.3) is 11.8 Å². The minimum absolute atomic E-state index is 0.339. The summed E-state index contributed by atoms with van der Waals surface area (Å²) in [6.45, 7) is 12.6. The van der Waals surface area contributed by atoms with E-state index in [1.807, 2.05) is 45.9 Å². The van der Waals surface area contributed by atoms with Crippen LogP contribution in [-0.2, 0) is 22.4 Å². The fraction of sp³-hybridized carbons (Fsp3) is 0.467. The molecule has 0 spiro atoms. The molecular weight excluding hydrogens is 503 g/mol. The highest BCUT2D eigenvalue weighted by atomic mass is 32.1. The Morgan fingerprint density at radius 1 is 1.13 bits per heavy atom. The molecule has 3 N–H and O–H groups in total. The van der Waals surface area contributed by atoms with Gasteiger partial charge in [-0.2, -0.15) is 0 Å². The fourth-order valence-corrected chi connectivity index (χ4v) is 4.28. The van der Waals surface area contributed by atoms with Crippen molar-refractivity contribution in [1.29, 1.82) is 0 Å². The van der Waals surface area contributed by atoms with Gasteiger partial charge in [-0.25, -0.2) is 4.39 Å². The first-order chi connectivity index (χ1) is 18.4. The summed E-state index contributed by atoms with van der Waals surface area (Å²) >= 11 is 1.63. The molecule has 1 aromatic carbocycles. The number of amides is 2. The van der Waals surface area contributed by atoms with Crippen molar-refractivity contribution in [3.05, 3.63) is 82.8 Å². The number of aliphatic hydroxyl groups excluding tert-OH is 2. The Kier molecular flexibility index (Phi) is 20.6. The van der Waals surface area contributed by atoms with E-state index < -0.39 is 24.0 Å². The van der Waals surface area contributed by atoms with Gasteiger partial charge < -0.3 is 20.4 Å². The zero-order valence-electron chi connectivity index (χ0n) is 23.2. The lowest BCUT2D eigenvalue weighted by atomic mass is 10.1. The number of nitrogens with one attached hydrogen (secondary N) is 1. The van der Waals surface area contributed by atoms with Crippen LogP contribution in [0.5, 0.6) is 0 Å². The number of thiophene rings is 1. The van der Waals surface area contributed by atoms with E-state index in [2.05, 4.69) is 35.5 Å². The van der Waals surface area contributed by atoms with Gasteiger partial charge >= 0.3 is 0 Å². The van der Waals surface area contributed by atoms with Crippen LogP contribution in [0.1, 0.15) is 63.0 Å². The van der Waals surface area contributed by atoms with Crippen LogP contribution < -0.4 is 5.32 Å². The van der Waals surface area contributed by atoms with Crippen LogP contribution in [-0.4, -0.2) is 58.8 Å². The lowest BCUT2D eigenvalue weighted by Gasteiger charge is -2.22. The van der Waals surface area contributed by atoms with E-state index in [0.717, 1.165) is 30.6 Å². The molecule has 212 valence electrons. The Hall–Kier alpha value is -2.81. The first-order valence-corrected chi connectivity index (χ1v) is 14.1. The van der Waals surface area contributed by atoms with E-state index in [1.165, 1.54) is 22.1 Å². The summed E-state index contributed by atoms with van der Waals surface area (Å²) in [5.74, 6) is -1.30. The summed E-state index contributed by atoms with van der Waals surface area (Å²) in [7, 11) is 0. The molecule has 1 aliphatic heterocycles. The predicted molar refractivity (Wildman–Crippen MR) is 156 cm³/mol. The highest BCUT2D eigenvalue weighted by molar-refractivity contribution is 7.10. The van der Waals surface area contributed by atoms with Crippen molar-refractivity contribution in [2.75, 3.05) is 19.6 Å². The van der Waals surface area contributed by atoms with E-state index in [4.69, 9.17) is 0 Å². The van der Waals surface area contributed by atoms with Crippen molar-refractivity contribution >= 4 is 23.2 Å². The third-order valence-corrected chi connectivity index (χ3v) is 6.24. The zero-order chi connectivity index (χ0) is 28.8. The third kappa shape index (κ3) is 14.2. The maximum atomic E-state index is 12.1. The van der Waals surface area contributed by atoms with Gasteiger partial charge in [0.2, 0.25) is 0 Å². The Balaban J connectivity index is 0.00000119. The molecule has 38 heavy (non-hydrogen) atoms. The lowest BCUT2D eigenvalue weighted by molar-refractivity contribution is -0.152. The van der Waals surface area contributed by atoms with Gasteiger partial charge in [-0.1, -0.05) is 63.3 Å². The quantitative estimate of drug-likeness (QED) is 0.364. The molecule has 8 heteroatoms. The van der Waals surface area contributed by atoms with Crippen molar-refractivity contribution in [3.8, 4) is 0 Å². The smallest absolute Gasteiger partial charge is 0.254 e. The molecule has 0 bridgehead atoms. The molecular formula is C30H45FN2O4S. The second-order valence-electron chi connectivity index (χ2n) is 8.22. The topological polar surface area (TPSA) is 89.9 Å². The minimum Gasteiger partial charge on any atom is -0.380 e. The second kappa shape index (κ2) is 22.2. The molecule has 1 fully saturated rings. The molecule has 6 nitrogen and oxygen atoms in total. The Bertz CT molecular complexity index is 927. The van der Waals surface area contributed by atoms with Gasteiger partial charge in [-0.15, -0.1) is 17.9 Å². The maximum absolute atomic E-state index is 12.1. The van der Waals surface area contributed by atoms with Crippen LogP contribution >= 0.6 is 11.3 Å². The molecule has 2 amide bonds. The van der Waals surface area contributed by atoms with Crippen LogP contribution in [0.4, 0.5) is 4.39 Å². The summed E-state index contributed by atoms with van der Waals surface area (Å²) in [6.07, 6.45) is 4.36. The molecule has 1 aromatic heterocycles. The van der Waals surface area contributed by atoms with Crippen molar-refractivity contribution in [1.82, 2.24) is 10.2 Å². The fourth-order valence-electron chi connectivity index (χ4n) is 3.39. The first kappa shape index (κ1) is 35.2. The number of allylic oxidation sites excluding steroid dienone is 2. The SMILES string of the molecule is C=CC.CC.CC/C=C/F.O=C(NCCc1cc(Cc2ccccc2)cs1)C(O)C(O)C(=O)N1CCCC1. The molecule has 0 radical (unpaired) electrons. The van der Waals surface area contributed by atoms with Crippen LogP contribution in [0.3, 0.4) is 0 Å². The molecule has 1 saturated heterocycles. The van der Waals surface area contributed by atoms with Crippen molar-refractivity contribution in [2.45, 2.75) is 72.0 Å². The standard InChI is InChI=1S/C21H26N2O4S.C4H7F.C3H6.C2H6/c24-18(19(25)21(27)23-10-4-5-11-23)20(26)22-9-8-17-13-16(14-28-17)12-15-6-2-1-3-7-15;1-2-3-4-5;1-3-2;1-2/h1-3,6-7,13-14,18-19,24-25H,4-5,8-12H2,(H,22,26);3-4H,2H2,1H3;3H,1H2,2H3;1-2H3/b;4-3+;;. The first-order valence-electron chi connectivity index (χ1n) is 13.2. The highest BCUT2D eigenvalue weighted by Gasteiger charge is 2.34. The zero-order valence-corrected chi connectivity index (χ0v) is 24.1. The molecule has 3 rings (SSSR count). The van der Waals surface area contributed by atoms with E-state index in [0.29, 0.717) is 32.4 Å². The van der Waals surface area contributed by atoms with Crippen molar-refractivity contribution < 1.29 is 24.2 Å². The average molecular weight is 549 g/mol. The summed E-state index contributed by atoms with van der Waals surface area (Å²) in [5, 5.41) is 24.7. The van der Waals surface area contributed by atoms with Gasteiger partial charge in [-0.3, -0.25) is 9.59 Å². The molecule has 2 heterocycles. The second-order valence-corrected chi connectivity index (χ2v) is 9.22. The molecule has 0 aliphatic carbocycles. The number of carbonyl (C=O) groups excluding carboxylic acids is 2. The number of rotatable bonds is 9. The van der Waals surface area contributed by atoms with Crippen LogP contribution in [0, 0.1) is 0 Å². The van der Waals surface area contributed by atoms with Crippen LogP contribution in [0.2, 0.25) is 0 Å². The number of hydrogen-bond acceptors (Lipinski definition) is 5. The van der Waals surface area contributed by atoms with E-state index in [9.17, 15) is 24.2 Å². The maximum Gasteiger partial charge on any atom is 0.254 e. The summed E-state index contributed by atoms with van der Waals surface area (Å²) < 4.78 is 10.8. The number of halogens is 1. The molecule has 2 aromatic rings. The number of aliphatic hydroxyl groups is 2. The van der Waals surface area contributed by atoms with E-state index >= 15 is 0 Å². The number of hydrogen-bond donors (Lipinski definition) is 3. The largest absolute Gasteiger partial charge is 0.380 e. The summed E-state index contributed by atoms with van der Waals surface area (Å²) in [5.41, 5.74) is 2.48. The number of carbonyl (C=O) groups is 2. The Morgan fingerprint density at radius 3 is 2.26 bits per heavy atom. The Morgan fingerprint density at radius 2 is 1.74 bits per heavy atom. The average Bonchev–Trinajstić information content (AvgIpc) is 3.63. The lowest BCUT2D eigenvalue weighted by Crippen LogP contribution is -2.50. The van der Waals surface area contributed by atoms with Gasteiger partial charge in [0, 0.05) is 24.5 Å². The Labute approximate surface area is 231 Å². The van der Waals surface area contributed by atoms with E-state index in [1.54, 1.807) is 17.4 Å². The molecule has 1 aliphatic rings. The van der Waals surface area contributed by atoms with Crippen LogP contribution in [0.25, 0.3) is 0 Å². The number of likely N-dealkylation sites (tertiary alicyclic amines) is 1. The molecule has 2 atom stereocenters. The predicted octanol–water partition coefficient (Wildman–Crippen LogP) is 5.44. The van der Waals surface area contributed by atoms with Crippen molar-refractivity contribution in [2.24, 2.45) is 0 Å². The van der Waals surface area contributed by atoms with Gasteiger partial charge in [0.1, 0.15) is 0 Å². The van der Waals surface area contributed by atoms with Gasteiger partial charge in [0.15, 0.2) is 12.2 Å². The monoisotopic (exact) mass is 548 g/mol. The third-order valence-electron chi connectivity index (χ3n) is 5.19. The van der Waals surface area contributed by atoms with Gasteiger partial charge in [0.05, 0.1) is 6.33 Å². The highest BCUT2D eigenvalue weighted by Crippen LogP contribution is 2.18. The van der Waals surface area contributed by atoms with Gasteiger partial charge in [-0.05, 0) is 61.6 Å². The minimum atomic E-state index is -1.75. The summed E-state index contributed by atoms with van der Waals surface area (Å²) in [6, 6.07) is 12.3. The normalized spacial score (nSPS) is 13.6. The van der Waals surface area contributed by atoms with E-state index in [-0.39, 0.29) is 0 Å². The number of benzene rings is 1. The number of nitrogens with zero attached hydrogens (tertiary/aromatic N) is 1. The molecule has 2 unspecified atom stereocenters. The van der Waals surface area contributed by atoms with Crippen LogP contribution in [0.15, 0.2) is 66.8 Å². The molecule has 0 saturated carbocycles. The van der Waals surface area contributed by atoms with Crippen molar-refractivity contribution in [3.63, 3.8) is 0 Å². The summed E-state index contributed by atoms with van der Waals surface area (Å²) in [4.78, 5) is 26.7.